The van der Waals surface area contributed by atoms with Crippen LogP contribution in [0, 0.1) is 0 Å². The zero-order valence-corrected chi connectivity index (χ0v) is 20.2. The molecule has 0 saturated carbocycles. The molecule has 2 aromatic rings. The molecule has 1 N–H and O–H groups in total. The summed E-state index contributed by atoms with van der Waals surface area (Å²) < 4.78 is 26.5. The molecule has 0 aromatic heterocycles. The first kappa shape index (κ1) is 25.4. The molecule has 0 fully saturated rings. The summed E-state index contributed by atoms with van der Waals surface area (Å²) >= 11 is 0. The van der Waals surface area contributed by atoms with E-state index >= 15 is 0 Å². The first-order valence-electron chi connectivity index (χ1n) is 10.7. The molecule has 32 heavy (non-hydrogen) atoms. The minimum Gasteiger partial charge on any atom is -0.355 e. The molecule has 0 heterocycles. The maximum absolute atomic E-state index is 13.4. The van der Waals surface area contributed by atoms with Gasteiger partial charge in [-0.3, -0.25) is 13.9 Å². The average molecular weight is 460 g/mol. The summed E-state index contributed by atoms with van der Waals surface area (Å²) in [6.07, 6.45) is 1.09. The smallest absolute Gasteiger partial charge is 0.244 e. The number of amides is 2. The fourth-order valence-electron chi connectivity index (χ4n) is 3.48. The van der Waals surface area contributed by atoms with Gasteiger partial charge in [0.05, 0.1) is 11.9 Å². The van der Waals surface area contributed by atoms with E-state index in [0.29, 0.717) is 12.2 Å². The Balaban J connectivity index is 2.43. The number of hydrogen-bond donors (Lipinski definition) is 1. The summed E-state index contributed by atoms with van der Waals surface area (Å²) in [6.45, 7) is 7.65. The van der Waals surface area contributed by atoms with Crippen LogP contribution in [-0.2, 0) is 26.2 Å². The number of anilines is 1. The van der Waals surface area contributed by atoms with E-state index < -0.39 is 22.0 Å². The van der Waals surface area contributed by atoms with Crippen LogP contribution < -0.4 is 9.62 Å². The minimum absolute atomic E-state index is 0.0697. The number of hydrogen-bond acceptors (Lipinski definition) is 4. The quantitative estimate of drug-likeness (QED) is 0.591. The van der Waals surface area contributed by atoms with Crippen LogP contribution in [0.3, 0.4) is 0 Å². The van der Waals surface area contributed by atoms with E-state index in [1.807, 2.05) is 63.2 Å². The zero-order chi connectivity index (χ0) is 23.9. The minimum atomic E-state index is -3.75. The Kier molecular flexibility index (Phi) is 8.83. The summed E-state index contributed by atoms with van der Waals surface area (Å²) in [5.74, 6) is -0.665. The van der Waals surface area contributed by atoms with Gasteiger partial charge in [-0.2, -0.15) is 0 Å². The van der Waals surface area contributed by atoms with Gasteiger partial charge in [-0.15, -0.1) is 0 Å². The first-order chi connectivity index (χ1) is 15.1. The van der Waals surface area contributed by atoms with E-state index in [2.05, 4.69) is 5.32 Å². The monoisotopic (exact) mass is 459 g/mol. The van der Waals surface area contributed by atoms with Gasteiger partial charge in [0.1, 0.15) is 12.6 Å². The van der Waals surface area contributed by atoms with Crippen LogP contribution in [0.25, 0.3) is 0 Å². The van der Waals surface area contributed by atoms with Crippen molar-refractivity contribution in [2.24, 2.45) is 0 Å². The van der Waals surface area contributed by atoms with Crippen LogP contribution in [0.5, 0.6) is 0 Å². The number of rotatable bonds is 10. The maximum Gasteiger partial charge on any atom is 0.244 e. The van der Waals surface area contributed by atoms with Crippen LogP contribution in [0.4, 0.5) is 5.69 Å². The van der Waals surface area contributed by atoms with Gasteiger partial charge in [0.2, 0.25) is 21.8 Å². The summed E-state index contributed by atoms with van der Waals surface area (Å²) in [7, 11) is -3.75. The van der Waals surface area contributed by atoms with Crippen molar-refractivity contribution in [3.05, 3.63) is 65.7 Å². The third-order valence-corrected chi connectivity index (χ3v) is 6.35. The summed E-state index contributed by atoms with van der Waals surface area (Å²) in [5.41, 5.74) is 2.16. The van der Waals surface area contributed by atoms with E-state index in [1.165, 1.54) is 4.90 Å². The van der Waals surface area contributed by atoms with Gasteiger partial charge in [-0.1, -0.05) is 62.4 Å². The Morgan fingerprint density at radius 3 is 2.12 bits per heavy atom. The van der Waals surface area contributed by atoms with Crippen LogP contribution in [-0.4, -0.2) is 50.5 Å². The molecule has 0 aliphatic heterocycles. The second-order valence-electron chi connectivity index (χ2n) is 8.06. The molecule has 0 spiro atoms. The molecule has 174 valence electrons. The first-order valence-corrected chi connectivity index (χ1v) is 12.6. The lowest BCUT2D eigenvalue weighted by Gasteiger charge is -2.32. The van der Waals surface area contributed by atoms with E-state index in [0.717, 1.165) is 21.7 Å². The van der Waals surface area contributed by atoms with E-state index in [9.17, 15) is 18.0 Å². The van der Waals surface area contributed by atoms with Crippen molar-refractivity contribution in [3.8, 4) is 0 Å². The van der Waals surface area contributed by atoms with Crippen LogP contribution in [0.1, 0.15) is 44.7 Å². The highest BCUT2D eigenvalue weighted by Crippen LogP contribution is 2.29. The van der Waals surface area contributed by atoms with E-state index in [-0.39, 0.29) is 24.9 Å². The lowest BCUT2D eigenvalue weighted by molar-refractivity contribution is -0.139. The fourth-order valence-corrected chi connectivity index (χ4v) is 4.35. The lowest BCUT2D eigenvalue weighted by Crippen LogP contribution is -2.51. The highest BCUT2D eigenvalue weighted by molar-refractivity contribution is 7.92. The molecule has 0 aliphatic rings. The molecular weight excluding hydrogens is 426 g/mol. The number of carbonyl (C=O) groups excluding carboxylic acids is 2. The Labute approximate surface area is 191 Å². The number of para-hydroxylation sites is 1. The van der Waals surface area contributed by atoms with Gasteiger partial charge < -0.3 is 10.2 Å². The topological polar surface area (TPSA) is 86.8 Å². The summed E-state index contributed by atoms with van der Waals surface area (Å²) in [4.78, 5) is 27.4. The summed E-state index contributed by atoms with van der Waals surface area (Å²) in [5, 5.41) is 2.74. The molecule has 8 heteroatoms. The van der Waals surface area contributed by atoms with Gasteiger partial charge in [0.15, 0.2) is 0 Å². The Bertz CT molecular complexity index is 1020. The van der Waals surface area contributed by atoms with Crippen molar-refractivity contribution in [2.45, 2.75) is 46.2 Å². The van der Waals surface area contributed by atoms with Crippen molar-refractivity contribution in [2.75, 3.05) is 23.7 Å². The molecule has 2 rings (SSSR count). The number of benzene rings is 2. The highest BCUT2D eigenvalue weighted by Gasteiger charge is 2.30. The third kappa shape index (κ3) is 6.56. The molecule has 7 nitrogen and oxygen atoms in total. The van der Waals surface area contributed by atoms with Gasteiger partial charge in [0.25, 0.3) is 0 Å². The predicted octanol–water partition coefficient (Wildman–Crippen LogP) is 3.13. The largest absolute Gasteiger partial charge is 0.355 e. The van der Waals surface area contributed by atoms with Crippen molar-refractivity contribution in [1.29, 1.82) is 0 Å². The summed E-state index contributed by atoms with van der Waals surface area (Å²) in [6, 6.07) is 15.7. The molecule has 0 unspecified atom stereocenters. The number of carbonyl (C=O) groups is 2. The van der Waals surface area contributed by atoms with Crippen molar-refractivity contribution < 1.29 is 18.0 Å². The fraction of sp³-hybridized carbons (Fsp3) is 0.417. The Morgan fingerprint density at radius 2 is 1.56 bits per heavy atom. The molecule has 0 radical (unpaired) electrons. The van der Waals surface area contributed by atoms with Crippen LogP contribution >= 0.6 is 0 Å². The second kappa shape index (κ2) is 11.1. The van der Waals surface area contributed by atoms with E-state index in [1.54, 1.807) is 19.1 Å². The average Bonchev–Trinajstić information content (AvgIpc) is 2.75. The standard InChI is InChI=1S/C24H33N3O4S/c1-6-25-24(29)19(4)26(16-20-12-8-7-9-13-20)23(28)17-27(32(5,30)31)22-15-11-10-14-21(22)18(2)3/h7-15,18-19H,6,16-17H2,1-5H3,(H,25,29)/t19-/m0/s1. The maximum atomic E-state index is 13.4. The van der Waals surface area contributed by atoms with Crippen molar-refractivity contribution in [1.82, 2.24) is 10.2 Å². The van der Waals surface area contributed by atoms with Crippen molar-refractivity contribution in [3.63, 3.8) is 0 Å². The van der Waals surface area contributed by atoms with Gasteiger partial charge in [-0.25, -0.2) is 8.42 Å². The highest BCUT2D eigenvalue weighted by atomic mass is 32.2. The van der Waals surface area contributed by atoms with Crippen LogP contribution in [0.2, 0.25) is 0 Å². The van der Waals surface area contributed by atoms with Gasteiger partial charge in [0, 0.05) is 13.1 Å². The third-order valence-electron chi connectivity index (χ3n) is 5.22. The molecule has 2 aromatic carbocycles. The number of nitrogens with zero attached hydrogens (tertiary/aromatic N) is 2. The van der Waals surface area contributed by atoms with Gasteiger partial charge >= 0.3 is 0 Å². The molecule has 1 atom stereocenters. The van der Waals surface area contributed by atoms with Crippen LogP contribution in [0.15, 0.2) is 54.6 Å². The second-order valence-corrected chi connectivity index (χ2v) is 9.97. The SMILES string of the molecule is CCNC(=O)[C@H](C)N(Cc1ccccc1)C(=O)CN(c1ccccc1C(C)C)S(C)(=O)=O. The number of likely N-dealkylation sites (N-methyl/N-ethyl adjacent to an activating group) is 1. The lowest BCUT2D eigenvalue weighted by atomic mass is 10.0. The zero-order valence-electron chi connectivity index (χ0n) is 19.4. The normalized spacial score (nSPS) is 12.3. The Morgan fingerprint density at radius 1 is 0.969 bits per heavy atom. The molecule has 2 amide bonds. The molecule has 0 aliphatic carbocycles. The van der Waals surface area contributed by atoms with Gasteiger partial charge in [-0.05, 0) is 37.0 Å². The molecule has 0 bridgehead atoms. The van der Waals surface area contributed by atoms with Crippen molar-refractivity contribution >= 4 is 27.5 Å². The molecule has 0 saturated heterocycles. The Hall–Kier alpha value is -2.87. The van der Waals surface area contributed by atoms with E-state index in [4.69, 9.17) is 0 Å². The number of sulfonamides is 1. The predicted molar refractivity (Wildman–Crippen MR) is 128 cm³/mol. The number of nitrogens with one attached hydrogen (secondary N) is 1. The molecular formula is C24H33N3O4S.